The van der Waals surface area contributed by atoms with E-state index < -0.39 is 46.1 Å². The number of anilines is 1. The van der Waals surface area contributed by atoms with E-state index in [9.17, 15) is 26.8 Å². The van der Waals surface area contributed by atoms with Crippen LogP contribution in [0.25, 0.3) is 0 Å². The van der Waals surface area contributed by atoms with Crippen molar-refractivity contribution < 1.29 is 26.8 Å². The van der Waals surface area contributed by atoms with Crippen molar-refractivity contribution in [1.82, 2.24) is 10.2 Å². The smallest absolute Gasteiger partial charge is 0.244 e. The first kappa shape index (κ1) is 26.2. The lowest BCUT2D eigenvalue weighted by Crippen LogP contribution is -2.51. The highest BCUT2D eigenvalue weighted by atomic mass is 32.2. The van der Waals surface area contributed by atoms with Crippen molar-refractivity contribution in [2.75, 3.05) is 23.7 Å². The van der Waals surface area contributed by atoms with Crippen LogP contribution in [-0.2, 0) is 26.2 Å². The molecule has 0 fully saturated rings. The lowest BCUT2D eigenvalue weighted by atomic mass is 10.1. The van der Waals surface area contributed by atoms with E-state index in [-0.39, 0.29) is 17.8 Å². The van der Waals surface area contributed by atoms with Crippen LogP contribution in [0.3, 0.4) is 0 Å². The number of amides is 2. The van der Waals surface area contributed by atoms with Crippen molar-refractivity contribution in [3.63, 3.8) is 0 Å². The summed E-state index contributed by atoms with van der Waals surface area (Å²) >= 11 is 0. The first-order valence-corrected chi connectivity index (χ1v) is 12.4. The number of benzene rings is 2. The molecular formula is C23H29F2N3O4S. The largest absolute Gasteiger partial charge is 0.354 e. The fraction of sp³-hybridized carbons (Fsp3) is 0.391. The summed E-state index contributed by atoms with van der Waals surface area (Å²) in [5.41, 5.74) is 0.282. The molecule has 0 unspecified atom stereocenters. The Morgan fingerprint density at radius 1 is 1.06 bits per heavy atom. The van der Waals surface area contributed by atoms with Gasteiger partial charge in [0, 0.05) is 18.7 Å². The molecule has 2 aromatic carbocycles. The van der Waals surface area contributed by atoms with E-state index in [0.29, 0.717) is 6.54 Å². The van der Waals surface area contributed by atoms with Gasteiger partial charge < -0.3 is 10.2 Å². The second kappa shape index (κ2) is 11.7. The Kier molecular flexibility index (Phi) is 9.33. The van der Waals surface area contributed by atoms with Gasteiger partial charge in [-0.05, 0) is 43.7 Å². The third-order valence-corrected chi connectivity index (χ3v) is 6.23. The number of carbonyl (C=O) groups excluding carboxylic acids is 2. The molecule has 0 radical (unpaired) electrons. The molecule has 0 aromatic heterocycles. The van der Waals surface area contributed by atoms with Crippen LogP contribution < -0.4 is 9.62 Å². The van der Waals surface area contributed by atoms with E-state index in [2.05, 4.69) is 5.32 Å². The molecule has 1 N–H and O–H groups in total. The fourth-order valence-corrected chi connectivity index (χ4v) is 4.00. The van der Waals surface area contributed by atoms with Gasteiger partial charge in [-0.2, -0.15) is 0 Å². The zero-order valence-electron chi connectivity index (χ0n) is 18.9. The van der Waals surface area contributed by atoms with E-state index in [1.165, 1.54) is 37.3 Å². The van der Waals surface area contributed by atoms with Crippen LogP contribution in [0.1, 0.15) is 32.3 Å². The monoisotopic (exact) mass is 481 g/mol. The molecule has 0 aliphatic rings. The standard InChI is InChI=1S/C23H29F2N3O4S/c1-4-5-14-26-23(30)17(2)27(15-18-8-6-7-9-21(18)25)22(29)16-28(33(3,31)32)20-12-10-19(24)11-13-20/h6-13,17H,4-5,14-16H2,1-3H3,(H,26,30)/t17-/m0/s1. The maximum atomic E-state index is 14.3. The molecule has 1 atom stereocenters. The number of nitrogens with zero attached hydrogens (tertiary/aromatic N) is 2. The zero-order chi connectivity index (χ0) is 24.6. The Labute approximate surface area is 193 Å². The second-order valence-corrected chi connectivity index (χ2v) is 9.59. The third kappa shape index (κ3) is 7.52. The normalized spacial score (nSPS) is 12.2. The van der Waals surface area contributed by atoms with Gasteiger partial charge in [0.15, 0.2) is 0 Å². The SMILES string of the molecule is CCCCNC(=O)[C@H](C)N(Cc1ccccc1F)C(=O)CN(c1ccc(F)cc1)S(C)(=O)=O. The van der Waals surface area contributed by atoms with Crippen LogP contribution in [0, 0.1) is 11.6 Å². The summed E-state index contributed by atoms with van der Waals surface area (Å²) in [6, 6.07) is 9.51. The molecule has 33 heavy (non-hydrogen) atoms. The summed E-state index contributed by atoms with van der Waals surface area (Å²) in [7, 11) is -3.92. The minimum atomic E-state index is -3.92. The molecule has 0 saturated carbocycles. The molecule has 0 spiro atoms. The highest BCUT2D eigenvalue weighted by Crippen LogP contribution is 2.20. The molecule has 180 valence electrons. The molecule has 2 amide bonds. The van der Waals surface area contributed by atoms with Gasteiger partial charge in [0.05, 0.1) is 11.9 Å². The molecule has 0 bridgehead atoms. The van der Waals surface area contributed by atoms with Crippen molar-refractivity contribution in [2.24, 2.45) is 0 Å². The quantitative estimate of drug-likeness (QED) is 0.500. The van der Waals surface area contributed by atoms with Crippen molar-refractivity contribution in [1.29, 1.82) is 0 Å². The molecule has 0 aliphatic carbocycles. The molecule has 0 aliphatic heterocycles. The van der Waals surface area contributed by atoms with Gasteiger partial charge in [-0.25, -0.2) is 17.2 Å². The van der Waals surface area contributed by atoms with Crippen LogP contribution in [0.2, 0.25) is 0 Å². The molecule has 0 heterocycles. The molecular weight excluding hydrogens is 452 g/mol. The predicted octanol–water partition coefficient (Wildman–Crippen LogP) is 3.06. The molecule has 10 heteroatoms. The maximum absolute atomic E-state index is 14.3. The summed E-state index contributed by atoms with van der Waals surface area (Å²) in [6.45, 7) is 3.04. The van der Waals surface area contributed by atoms with Gasteiger partial charge >= 0.3 is 0 Å². The van der Waals surface area contributed by atoms with E-state index in [4.69, 9.17) is 0 Å². The van der Waals surface area contributed by atoms with Crippen molar-refractivity contribution in [3.05, 3.63) is 65.7 Å². The first-order valence-electron chi connectivity index (χ1n) is 10.6. The van der Waals surface area contributed by atoms with Gasteiger partial charge in [-0.15, -0.1) is 0 Å². The van der Waals surface area contributed by atoms with Gasteiger partial charge in [-0.3, -0.25) is 13.9 Å². The van der Waals surface area contributed by atoms with Gasteiger partial charge in [0.2, 0.25) is 21.8 Å². The summed E-state index contributed by atoms with van der Waals surface area (Å²) in [6.07, 6.45) is 2.55. The average molecular weight is 482 g/mol. The zero-order valence-corrected chi connectivity index (χ0v) is 19.7. The van der Waals surface area contributed by atoms with Crippen LogP contribution >= 0.6 is 0 Å². The Bertz CT molecular complexity index is 1060. The molecule has 2 rings (SSSR count). The van der Waals surface area contributed by atoms with E-state index in [1.54, 1.807) is 6.07 Å². The number of nitrogens with one attached hydrogen (secondary N) is 1. The highest BCUT2D eigenvalue weighted by molar-refractivity contribution is 7.92. The molecule has 0 saturated heterocycles. The van der Waals surface area contributed by atoms with Crippen molar-refractivity contribution >= 4 is 27.5 Å². The predicted molar refractivity (Wildman–Crippen MR) is 123 cm³/mol. The van der Waals surface area contributed by atoms with Crippen molar-refractivity contribution in [2.45, 2.75) is 39.3 Å². The van der Waals surface area contributed by atoms with Crippen LogP contribution in [-0.4, -0.2) is 50.5 Å². The average Bonchev–Trinajstić information content (AvgIpc) is 2.76. The Balaban J connectivity index is 2.35. The number of sulfonamides is 1. The molecule has 2 aromatic rings. The van der Waals surface area contributed by atoms with E-state index in [0.717, 1.165) is 40.4 Å². The Hall–Kier alpha value is -3.01. The van der Waals surface area contributed by atoms with Gasteiger partial charge in [0.25, 0.3) is 0 Å². The van der Waals surface area contributed by atoms with E-state index >= 15 is 0 Å². The van der Waals surface area contributed by atoms with Crippen LogP contribution in [0.15, 0.2) is 48.5 Å². The van der Waals surface area contributed by atoms with Crippen LogP contribution in [0.4, 0.5) is 14.5 Å². The van der Waals surface area contributed by atoms with E-state index in [1.807, 2.05) is 6.92 Å². The number of carbonyl (C=O) groups is 2. The topological polar surface area (TPSA) is 86.8 Å². The Morgan fingerprint density at radius 2 is 1.70 bits per heavy atom. The number of unbranched alkanes of at least 4 members (excludes halogenated alkanes) is 1. The molecule has 7 nitrogen and oxygen atoms in total. The highest BCUT2D eigenvalue weighted by Gasteiger charge is 2.30. The number of hydrogen-bond donors (Lipinski definition) is 1. The number of halogens is 2. The van der Waals surface area contributed by atoms with Crippen molar-refractivity contribution in [3.8, 4) is 0 Å². The summed E-state index contributed by atoms with van der Waals surface area (Å²) in [5, 5.41) is 2.74. The maximum Gasteiger partial charge on any atom is 0.244 e. The minimum Gasteiger partial charge on any atom is -0.354 e. The number of hydrogen-bond acceptors (Lipinski definition) is 4. The van der Waals surface area contributed by atoms with Gasteiger partial charge in [0.1, 0.15) is 24.2 Å². The summed E-state index contributed by atoms with van der Waals surface area (Å²) in [4.78, 5) is 27.1. The fourth-order valence-electron chi connectivity index (χ4n) is 3.15. The minimum absolute atomic E-state index is 0.0955. The van der Waals surface area contributed by atoms with Gasteiger partial charge in [-0.1, -0.05) is 31.5 Å². The summed E-state index contributed by atoms with van der Waals surface area (Å²) < 4.78 is 53.2. The Morgan fingerprint density at radius 3 is 2.27 bits per heavy atom. The lowest BCUT2D eigenvalue weighted by molar-refractivity contribution is -0.139. The first-order chi connectivity index (χ1) is 15.5. The third-order valence-electron chi connectivity index (χ3n) is 5.09. The summed E-state index contributed by atoms with van der Waals surface area (Å²) in [5.74, 6) is -2.24. The second-order valence-electron chi connectivity index (χ2n) is 7.68. The van der Waals surface area contributed by atoms with Crippen LogP contribution in [0.5, 0.6) is 0 Å². The number of rotatable bonds is 11. The lowest BCUT2D eigenvalue weighted by Gasteiger charge is -2.31.